The Bertz CT molecular complexity index is 1110. The number of aromatic nitrogens is 1. The van der Waals surface area contributed by atoms with Crippen LogP contribution in [0.15, 0.2) is 66.9 Å². The van der Waals surface area contributed by atoms with Crippen molar-refractivity contribution in [3.05, 3.63) is 94.7 Å². The number of carbonyl (C=O) groups excluding carboxylic acids is 2. The normalized spacial score (nSPS) is 17.7. The highest BCUT2D eigenvalue weighted by atomic mass is 16.3. The molecule has 164 valence electrons. The first-order valence-corrected chi connectivity index (χ1v) is 10.9. The number of aliphatic hydroxyl groups excluding tert-OH is 1. The van der Waals surface area contributed by atoms with Crippen LogP contribution in [0.2, 0.25) is 0 Å². The fraction of sp³-hybridized carbons (Fsp3) is 0.269. The minimum Gasteiger partial charge on any atom is -0.392 e. The van der Waals surface area contributed by atoms with Gasteiger partial charge in [0, 0.05) is 18.3 Å². The Morgan fingerprint density at radius 3 is 2.50 bits per heavy atom. The molecule has 2 atom stereocenters. The first-order chi connectivity index (χ1) is 15.5. The van der Waals surface area contributed by atoms with Gasteiger partial charge in [-0.1, -0.05) is 55.5 Å². The van der Waals surface area contributed by atoms with Gasteiger partial charge in [-0.15, -0.1) is 0 Å². The monoisotopic (exact) mass is 429 g/mol. The molecule has 1 aliphatic heterocycles. The number of hydrogen-bond acceptors (Lipinski definition) is 4. The molecular weight excluding hydrogens is 402 g/mol. The second-order valence-electron chi connectivity index (χ2n) is 8.07. The predicted molar refractivity (Wildman–Crippen MR) is 123 cm³/mol. The van der Waals surface area contributed by atoms with E-state index in [1.165, 1.54) is 0 Å². The standard InChI is InChI=1S/C26H27N3O3/c1-3-14-27-25(31)23-20-6-4-5-7-21(20)26(32)29(22-13-8-17(2)15-28-22)24(23)19-11-9-18(16-30)10-12-19/h4-13,15,23-24,30H,3,14,16H2,1-2H3,(H,27,31)/t23-,24+/m1/s1. The number of rotatable bonds is 6. The van der Waals surface area contributed by atoms with Gasteiger partial charge < -0.3 is 10.4 Å². The Labute approximate surface area is 187 Å². The molecule has 0 saturated heterocycles. The summed E-state index contributed by atoms with van der Waals surface area (Å²) in [6.07, 6.45) is 2.54. The average Bonchev–Trinajstić information content (AvgIpc) is 2.83. The Morgan fingerprint density at radius 2 is 1.84 bits per heavy atom. The third-order valence-corrected chi connectivity index (χ3v) is 5.82. The molecule has 32 heavy (non-hydrogen) atoms. The molecule has 4 rings (SSSR count). The summed E-state index contributed by atoms with van der Waals surface area (Å²) in [4.78, 5) is 33.3. The van der Waals surface area contributed by atoms with Gasteiger partial charge in [0.15, 0.2) is 0 Å². The predicted octanol–water partition coefficient (Wildman–Crippen LogP) is 3.89. The number of aliphatic hydroxyl groups is 1. The van der Waals surface area contributed by atoms with E-state index in [0.717, 1.165) is 23.1 Å². The molecule has 2 aromatic carbocycles. The van der Waals surface area contributed by atoms with E-state index in [1.54, 1.807) is 17.2 Å². The molecule has 0 radical (unpaired) electrons. The topological polar surface area (TPSA) is 82.5 Å². The van der Waals surface area contributed by atoms with Crippen molar-refractivity contribution in [1.82, 2.24) is 10.3 Å². The van der Waals surface area contributed by atoms with Gasteiger partial charge in [0.1, 0.15) is 5.82 Å². The number of aryl methyl sites for hydroxylation is 1. The van der Waals surface area contributed by atoms with Crippen molar-refractivity contribution in [3.8, 4) is 0 Å². The SMILES string of the molecule is CCCNC(=O)[C@@H]1c2ccccc2C(=O)N(c2ccc(C)cn2)[C@H]1c1ccc(CO)cc1. The fourth-order valence-corrected chi connectivity index (χ4v) is 4.19. The highest BCUT2D eigenvalue weighted by molar-refractivity contribution is 6.11. The van der Waals surface area contributed by atoms with Crippen molar-refractivity contribution < 1.29 is 14.7 Å². The van der Waals surface area contributed by atoms with Crippen molar-refractivity contribution in [3.63, 3.8) is 0 Å². The van der Waals surface area contributed by atoms with E-state index >= 15 is 0 Å². The molecule has 1 aromatic heterocycles. The Morgan fingerprint density at radius 1 is 1.09 bits per heavy atom. The maximum atomic E-state index is 13.7. The van der Waals surface area contributed by atoms with Gasteiger partial charge in [-0.2, -0.15) is 0 Å². The molecule has 0 aliphatic carbocycles. The molecule has 0 spiro atoms. The number of nitrogens with zero attached hydrogens (tertiary/aromatic N) is 2. The summed E-state index contributed by atoms with van der Waals surface area (Å²) < 4.78 is 0. The number of amides is 2. The summed E-state index contributed by atoms with van der Waals surface area (Å²) >= 11 is 0. The lowest BCUT2D eigenvalue weighted by Gasteiger charge is -2.41. The van der Waals surface area contributed by atoms with E-state index in [4.69, 9.17) is 0 Å². The highest BCUT2D eigenvalue weighted by Gasteiger charge is 2.45. The van der Waals surface area contributed by atoms with Gasteiger partial charge in [-0.05, 0) is 47.7 Å². The Balaban J connectivity index is 1.92. The van der Waals surface area contributed by atoms with Crippen molar-refractivity contribution >= 4 is 17.6 Å². The van der Waals surface area contributed by atoms with Crippen LogP contribution in [-0.2, 0) is 11.4 Å². The van der Waals surface area contributed by atoms with E-state index in [2.05, 4.69) is 10.3 Å². The number of benzene rings is 2. The summed E-state index contributed by atoms with van der Waals surface area (Å²) in [5, 5.41) is 12.5. The second kappa shape index (κ2) is 9.32. The summed E-state index contributed by atoms with van der Waals surface area (Å²) in [5.41, 5.74) is 3.78. The number of nitrogens with one attached hydrogen (secondary N) is 1. The van der Waals surface area contributed by atoms with E-state index in [0.29, 0.717) is 23.5 Å². The van der Waals surface area contributed by atoms with Crippen LogP contribution in [0.25, 0.3) is 0 Å². The van der Waals surface area contributed by atoms with Crippen molar-refractivity contribution in [2.75, 3.05) is 11.4 Å². The molecule has 0 saturated carbocycles. The third-order valence-electron chi connectivity index (χ3n) is 5.82. The van der Waals surface area contributed by atoms with Crippen molar-refractivity contribution in [1.29, 1.82) is 0 Å². The first kappa shape index (κ1) is 21.7. The maximum Gasteiger partial charge on any atom is 0.260 e. The molecule has 0 fully saturated rings. The van der Waals surface area contributed by atoms with Crippen LogP contribution in [0, 0.1) is 6.92 Å². The van der Waals surface area contributed by atoms with E-state index in [9.17, 15) is 14.7 Å². The first-order valence-electron chi connectivity index (χ1n) is 10.9. The lowest BCUT2D eigenvalue weighted by atomic mass is 9.79. The summed E-state index contributed by atoms with van der Waals surface area (Å²) in [6, 6.07) is 17.8. The zero-order valence-corrected chi connectivity index (χ0v) is 18.3. The molecule has 3 aromatic rings. The summed E-state index contributed by atoms with van der Waals surface area (Å²) in [6.45, 7) is 4.43. The average molecular weight is 430 g/mol. The molecule has 0 bridgehead atoms. The minimum atomic E-state index is -0.599. The zero-order valence-electron chi connectivity index (χ0n) is 18.3. The molecule has 2 N–H and O–H groups in total. The van der Waals surface area contributed by atoms with Crippen LogP contribution in [0.4, 0.5) is 5.82 Å². The van der Waals surface area contributed by atoms with Gasteiger partial charge in [0.25, 0.3) is 5.91 Å². The maximum absolute atomic E-state index is 13.7. The summed E-state index contributed by atoms with van der Waals surface area (Å²) in [7, 11) is 0. The highest BCUT2D eigenvalue weighted by Crippen LogP contribution is 2.44. The van der Waals surface area contributed by atoms with Gasteiger partial charge >= 0.3 is 0 Å². The Hall–Kier alpha value is -3.51. The minimum absolute atomic E-state index is 0.0731. The molecule has 6 heteroatoms. The van der Waals surface area contributed by atoms with Gasteiger partial charge in [-0.25, -0.2) is 4.98 Å². The van der Waals surface area contributed by atoms with Crippen LogP contribution in [0.3, 0.4) is 0 Å². The number of fused-ring (bicyclic) bond motifs is 1. The quantitative estimate of drug-likeness (QED) is 0.623. The Kier molecular flexibility index (Phi) is 6.32. The molecule has 0 unspecified atom stereocenters. The molecule has 1 aliphatic rings. The molecule has 2 amide bonds. The van der Waals surface area contributed by atoms with Crippen LogP contribution >= 0.6 is 0 Å². The van der Waals surface area contributed by atoms with Crippen molar-refractivity contribution in [2.45, 2.75) is 38.8 Å². The third kappa shape index (κ3) is 4.01. The van der Waals surface area contributed by atoms with Crippen LogP contribution in [0.1, 0.15) is 57.9 Å². The zero-order chi connectivity index (χ0) is 22.7. The van der Waals surface area contributed by atoms with Gasteiger partial charge in [-0.3, -0.25) is 14.5 Å². The van der Waals surface area contributed by atoms with Crippen LogP contribution in [-0.4, -0.2) is 28.4 Å². The molecular formula is C26H27N3O3. The molecule has 2 heterocycles. The fourth-order valence-electron chi connectivity index (χ4n) is 4.19. The van der Waals surface area contributed by atoms with Crippen molar-refractivity contribution in [2.24, 2.45) is 0 Å². The largest absolute Gasteiger partial charge is 0.392 e. The number of carbonyl (C=O) groups is 2. The van der Waals surface area contributed by atoms with E-state index < -0.39 is 12.0 Å². The van der Waals surface area contributed by atoms with E-state index in [1.807, 2.05) is 68.4 Å². The molecule has 6 nitrogen and oxygen atoms in total. The number of hydrogen-bond donors (Lipinski definition) is 2. The van der Waals surface area contributed by atoms with Gasteiger partial charge in [0.05, 0.1) is 18.6 Å². The van der Waals surface area contributed by atoms with Crippen LogP contribution < -0.4 is 10.2 Å². The number of pyridine rings is 1. The van der Waals surface area contributed by atoms with Gasteiger partial charge in [0.2, 0.25) is 5.91 Å². The van der Waals surface area contributed by atoms with E-state index in [-0.39, 0.29) is 18.4 Å². The lowest BCUT2D eigenvalue weighted by Crippen LogP contribution is -2.48. The lowest BCUT2D eigenvalue weighted by molar-refractivity contribution is -0.123. The second-order valence-corrected chi connectivity index (χ2v) is 8.07. The summed E-state index contributed by atoms with van der Waals surface area (Å²) in [5.74, 6) is -0.411. The number of anilines is 1. The smallest absolute Gasteiger partial charge is 0.260 e. The van der Waals surface area contributed by atoms with Crippen LogP contribution in [0.5, 0.6) is 0 Å².